The molecule has 0 heterocycles. The summed E-state index contributed by atoms with van der Waals surface area (Å²) in [6, 6.07) is 10.2. The molecule has 0 atom stereocenters. The zero-order valence-corrected chi connectivity index (χ0v) is 8.63. The lowest BCUT2D eigenvalue weighted by Crippen LogP contribution is -2.17. The molecule has 2 nitrogen and oxygen atoms in total. The molecular weight excluding hydrogens is 228 g/mol. The third kappa shape index (κ3) is 1.84. The van der Waals surface area contributed by atoms with Crippen molar-refractivity contribution in [3.63, 3.8) is 0 Å². The molecule has 1 saturated carbocycles. The lowest BCUT2D eigenvalue weighted by Gasteiger charge is -2.09. The summed E-state index contributed by atoms with van der Waals surface area (Å²) >= 11 is 3.36. The van der Waals surface area contributed by atoms with Crippen LogP contribution in [0.3, 0.4) is 0 Å². The van der Waals surface area contributed by atoms with Crippen LogP contribution in [0.25, 0.3) is 0 Å². The molecule has 0 aromatic heterocycles. The van der Waals surface area contributed by atoms with E-state index in [0.717, 1.165) is 23.0 Å². The number of nitriles is 1. The van der Waals surface area contributed by atoms with Crippen LogP contribution in [0.1, 0.15) is 12.8 Å². The minimum atomic E-state index is -0.270. The molecule has 0 amide bonds. The molecular formula is C10H9BrN2. The van der Waals surface area contributed by atoms with Crippen molar-refractivity contribution in [1.82, 2.24) is 0 Å². The fourth-order valence-corrected chi connectivity index (χ4v) is 1.46. The van der Waals surface area contributed by atoms with Crippen molar-refractivity contribution < 1.29 is 0 Å². The Labute approximate surface area is 85.7 Å². The van der Waals surface area contributed by atoms with E-state index < -0.39 is 0 Å². The first-order valence-corrected chi connectivity index (χ1v) is 4.98. The highest BCUT2D eigenvalue weighted by Crippen LogP contribution is 2.38. The van der Waals surface area contributed by atoms with Gasteiger partial charge in [0.15, 0.2) is 0 Å². The van der Waals surface area contributed by atoms with E-state index in [-0.39, 0.29) is 5.54 Å². The highest BCUT2D eigenvalue weighted by molar-refractivity contribution is 9.10. The highest BCUT2D eigenvalue weighted by Gasteiger charge is 2.43. The standard InChI is InChI=1S/C10H9BrN2/c11-8-1-3-9(4-2-8)13-10(7-12)5-6-10/h1-4,13H,5-6H2. The minimum Gasteiger partial charge on any atom is -0.367 e. The summed E-state index contributed by atoms with van der Waals surface area (Å²) in [6.07, 6.45) is 1.92. The van der Waals surface area contributed by atoms with Gasteiger partial charge >= 0.3 is 0 Å². The third-order valence-electron chi connectivity index (χ3n) is 2.19. The molecule has 1 fully saturated rings. The smallest absolute Gasteiger partial charge is 0.125 e. The Morgan fingerprint density at radius 2 is 1.92 bits per heavy atom. The van der Waals surface area contributed by atoms with E-state index in [0.29, 0.717) is 0 Å². The number of hydrogen-bond acceptors (Lipinski definition) is 2. The van der Waals surface area contributed by atoms with Crippen molar-refractivity contribution in [3.05, 3.63) is 28.7 Å². The third-order valence-corrected chi connectivity index (χ3v) is 2.72. The van der Waals surface area contributed by atoms with Gasteiger partial charge in [0.05, 0.1) is 6.07 Å². The number of nitrogens with one attached hydrogen (secondary N) is 1. The van der Waals surface area contributed by atoms with E-state index in [1.807, 2.05) is 24.3 Å². The van der Waals surface area contributed by atoms with Crippen molar-refractivity contribution >= 4 is 21.6 Å². The molecule has 1 N–H and O–H groups in total. The van der Waals surface area contributed by atoms with E-state index in [4.69, 9.17) is 5.26 Å². The van der Waals surface area contributed by atoms with Gasteiger partial charge in [-0.2, -0.15) is 5.26 Å². The molecule has 1 aromatic rings. The van der Waals surface area contributed by atoms with E-state index in [1.54, 1.807) is 0 Å². The summed E-state index contributed by atoms with van der Waals surface area (Å²) in [6.45, 7) is 0. The normalized spacial score (nSPS) is 17.5. The van der Waals surface area contributed by atoms with Crippen molar-refractivity contribution in [1.29, 1.82) is 5.26 Å². The number of benzene rings is 1. The van der Waals surface area contributed by atoms with Crippen LogP contribution in [0.5, 0.6) is 0 Å². The van der Waals surface area contributed by atoms with Crippen molar-refractivity contribution in [2.24, 2.45) is 0 Å². The summed E-state index contributed by atoms with van der Waals surface area (Å²) in [5, 5.41) is 12.1. The molecule has 0 saturated heterocycles. The van der Waals surface area contributed by atoms with Gasteiger partial charge in [-0.15, -0.1) is 0 Å². The van der Waals surface area contributed by atoms with Gasteiger partial charge < -0.3 is 5.32 Å². The summed E-state index contributed by atoms with van der Waals surface area (Å²) in [5.74, 6) is 0. The van der Waals surface area contributed by atoms with Gasteiger partial charge in [0.25, 0.3) is 0 Å². The van der Waals surface area contributed by atoms with Gasteiger partial charge in [0.2, 0.25) is 0 Å². The quantitative estimate of drug-likeness (QED) is 0.858. The monoisotopic (exact) mass is 236 g/mol. The summed E-state index contributed by atoms with van der Waals surface area (Å²) in [5.41, 5.74) is 0.746. The number of anilines is 1. The van der Waals surface area contributed by atoms with E-state index in [9.17, 15) is 0 Å². The lowest BCUT2D eigenvalue weighted by molar-refractivity contribution is 0.946. The predicted molar refractivity (Wildman–Crippen MR) is 55.3 cm³/mol. The molecule has 0 unspecified atom stereocenters. The SMILES string of the molecule is N#CC1(Nc2ccc(Br)cc2)CC1. The Bertz CT molecular complexity index is 346. The first-order valence-electron chi connectivity index (χ1n) is 4.19. The Morgan fingerprint density at radius 3 is 2.38 bits per heavy atom. The van der Waals surface area contributed by atoms with Crippen LogP contribution in [0.4, 0.5) is 5.69 Å². The van der Waals surface area contributed by atoms with Gasteiger partial charge in [-0.1, -0.05) is 15.9 Å². The van der Waals surface area contributed by atoms with Crippen LogP contribution < -0.4 is 5.32 Å². The van der Waals surface area contributed by atoms with E-state index >= 15 is 0 Å². The van der Waals surface area contributed by atoms with E-state index in [1.165, 1.54) is 0 Å². The average molecular weight is 237 g/mol. The van der Waals surface area contributed by atoms with Crippen LogP contribution in [-0.4, -0.2) is 5.54 Å². The molecule has 13 heavy (non-hydrogen) atoms. The maximum atomic E-state index is 8.85. The van der Waals surface area contributed by atoms with Crippen molar-refractivity contribution in [3.8, 4) is 6.07 Å². The molecule has 66 valence electrons. The van der Waals surface area contributed by atoms with Crippen LogP contribution in [0.2, 0.25) is 0 Å². The Hall–Kier alpha value is -1.01. The zero-order valence-electron chi connectivity index (χ0n) is 7.05. The molecule has 0 spiro atoms. The number of hydrogen-bond donors (Lipinski definition) is 1. The predicted octanol–water partition coefficient (Wildman–Crippen LogP) is 2.92. The molecule has 2 rings (SSSR count). The molecule has 0 radical (unpaired) electrons. The Balaban J connectivity index is 2.11. The maximum Gasteiger partial charge on any atom is 0.125 e. The first kappa shape index (κ1) is 8.58. The van der Waals surface area contributed by atoms with Crippen LogP contribution >= 0.6 is 15.9 Å². The second kappa shape index (κ2) is 3.04. The Kier molecular flexibility index (Phi) is 2.01. The molecule has 1 aliphatic rings. The van der Waals surface area contributed by atoms with Gasteiger partial charge in [-0.25, -0.2) is 0 Å². The molecule has 1 aromatic carbocycles. The second-order valence-corrected chi connectivity index (χ2v) is 4.24. The molecule has 1 aliphatic carbocycles. The molecule has 0 aliphatic heterocycles. The van der Waals surface area contributed by atoms with Crippen molar-refractivity contribution in [2.45, 2.75) is 18.4 Å². The Morgan fingerprint density at radius 1 is 1.31 bits per heavy atom. The van der Waals surface area contributed by atoms with Crippen LogP contribution in [0.15, 0.2) is 28.7 Å². The van der Waals surface area contributed by atoms with Crippen LogP contribution in [0, 0.1) is 11.3 Å². The molecule has 0 bridgehead atoms. The number of rotatable bonds is 2. The van der Waals surface area contributed by atoms with E-state index in [2.05, 4.69) is 27.3 Å². The topological polar surface area (TPSA) is 35.8 Å². The van der Waals surface area contributed by atoms with Gasteiger partial charge in [0.1, 0.15) is 5.54 Å². The summed E-state index contributed by atoms with van der Waals surface area (Å²) < 4.78 is 1.06. The van der Waals surface area contributed by atoms with Gasteiger partial charge in [0, 0.05) is 10.2 Å². The summed E-state index contributed by atoms with van der Waals surface area (Å²) in [7, 11) is 0. The second-order valence-electron chi connectivity index (χ2n) is 3.33. The van der Waals surface area contributed by atoms with Gasteiger partial charge in [-0.05, 0) is 37.1 Å². The fourth-order valence-electron chi connectivity index (χ4n) is 1.20. The fraction of sp³-hybridized carbons (Fsp3) is 0.300. The lowest BCUT2D eigenvalue weighted by atomic mass is 10.2. The highest BCUT2D eigenvalue weighted by atomic mass is 79.9. The number of nitrogens with zero attached hydrogens (tertiary/aromatic N) is 1. The molecule has 3 heteroatoms. The van der Waals surface area contributed by atoms with Gasteiger partial charge in [-0.3, -0.25) is 0 Å². The maximum absolute atomic E-state index is 8.85. The van der Waals surface area contributed by atoms with Crippen molar-refractivity contribution in [2.75, 3.05) is 5.32 Å². The largest absolute Gasteiger partial charge is 0.367 e. The zero-order chi connectivity index (χ0) is 9.31. The number of halogens is 1. The first-order chi connectivity index (χ1) is 6.24. The minimum absolute atomic E-state index is 0.270. The summed E-state index contributed by atoms with van der Waals surface area (Å²) in [4.78, 5) is 0. The average Bonchev–Trinajstić information content (AvgIpc) is 2.90. The van der Waals surface area contributed by atoms with Crippen LogP contribution in [-0.2, 0) is 0 Å².